The van der Waals surface area contributed by atoms with Gasteiger partial charge in [-0.15, -0.1) is 0 Å². The fourth-order valence-electron chi connectivity index (χ4n) is 1.43. The molecular weight excluding hydrogens is 234 g/mol. The van der Waals surface area contributed by atoms with Crippen molar-refractivity contribution in [2.24, 2.45) is 0 Å². The monoisotopic (exact) mass is 253 g/mol. The minimum atomic E-state index is -3.47. The summed E-state index contributed by atoms with van der Waals surface area (Å²) in [6.07, 6.45) is -0.817. The molecule has 0 amide bonds. The van der Waals surface area contributed by atoms with Crippen LogP contribution in [-0.2, 0) is 14.9 Å². The molecule has 0 radical (unpaired) electrons. The first-order valence-corrected chi connectivity index (χ1v) is 6.62. The lowest BCUT2D eigenvalue weighted by atomic mass is 10.4. The summed E-state index contributed by atoms with van der Waals surface area (Å²) >= 11 is 0. The fourth-order valence-corrected chi connectivity index (χ4v) is 2.68. The van der Waals surface area contributed by atoms with E-state index in [2.05, 4.69) is 10.0 Å². The Labute approximate surface area is 96.0 Å². The summed E-state index contributed by atoms with van der Waals surface area (Å²) < 4.78 is 31.9. The van der Waals surface area contributed by atoms with Gasteiger partial charge in [-0.25, -0.2) is 0 Å². The fraction of sp³-hybridized carbons (Fsp3) is 1.00. The van der Waals surface area contributed by atoms with Crippen molar-refractivity contribution < 1.29 is 18.3 Å². The van der Waals surface area contributed by atoms with E-state index < -0.39 is 16.3 Å². The summed E-state index contributed by atoms with van der Waals surface area (Å²) in [6, 6.07) is 0. The molecule has 1 saturated heterocycles. The first kappa shape index (κ1) is 13.8. The van der Waals surface area contributed by atoms with Crippen molar-refractivity contribution in [1.82, 2.24) is 14.3 Å². The summed E-state index contributed by atoms with van der Waals surface area (Å²) in [5, 5.41) is 12.4. The van der Waals surface area contributed by atoms with Gasteiger partial charge in [-0.3, -0.25) is 0 Å². The summed E-state index contributed by atoms with van der Waals surface area (Å²) in [6.45, 7) is 2.30. The highest BCUT2D eigenvalue weighted by Crippen LogP contribution is 1.99. The predicted octanol–water partition coefficient (Wildman–Crippen LogP) is -2.27. The molecule has 1 aliphatic heterocycles. The lowest BCUT2D eigenvalue weighted by Crippen LogP contribution is -2.51. The number of nitrogens with zero attached hydrogens (tertiary/aromatic N) is 1. The van der Waals surface area contributed by atoms with Crippen LogP contribution in [0.5, 0.6) is 0 Å². The second-order valence-corrected chi connectivity index (χ2v) is 5.37. The van der Waals surface area contributed by atoms with Crippen LogP contribution in [0.4, 0.5) is 0 Å². The summed E-state index contributed by atoms with van der Waals surface area (Å²) in [5.74, 6) is 0. The van der Waals surface area contributed by atoms with Crippen LogP contribution in [0.2, 0.25) is 0 Å². The van der Waals surface area contributed by atoms with E-state index in [1.54, 1.807) is 0 Å². The molecule has 0 saturated carbocycles. The Morgan fingerprint density at radius 3 is 2.69 bits per heavy atom. The SMILES string of the molecule is COCC(O)CNS(=O)(=O)N1CCNCC1. The highest BCUT2D eigenvalue weighted by molar-refractivity contribution is 7.87. The average molecular weight is 253 g/mol. The minimum Gasteiger partial charge on any atom is -0.389 e. The maximum atomic E-state index is 11.7. The van der Waals surface area contributed by atoms with Crippen LogP contribution in [-0.4, -0.2) is 70.4 Å². The second kappa shape index (κ2) is 6.48. The molecule has 0 aromatic heterocycles. The smallest absolute Gasteiger partial charge is 0.279 e. The number of hydrogen-bond donors (Lipinski definition) is 3. The van der Waals surface area contributed by atoms with Crippen LogP contribution in [0, 0.1) is 0 Å². The van der Waals surface area contributed by atoms with E-state index in [4.69, 9.17) is 4.74 Å². The Morgan fingerprint density at radius 1 is 1.50 bits per heavy atom. The van der Waals surface area contributed by atoms with Crippen molar-refractivity contribution in [2.45, 2.75) is 6.10 Å². The molecule has 0 spiro atoms. The zero-order valence-electron chi connectivity index (χ0n) is 9.35. The normalized spacial score (nSPS) is 20.9. The van der Waals surface area contributed by atoms with Gasteiger partial charge in [0.25, 0.3) is 10.2 Å². The molecule has 0 aromatic rings. The van der Waals surface area contributed by atoms with E-state index in [1.165, 1.54) is 11.4 Å². The largest absolute Gasteiger partial charge is 0.389 e. The number of aliphatic hydroxyl groups is 1. The van der Waals surface area contributed by atoms with Crippen LogP contribution in [0.25, 0.3) is 0 Å². The van der Waals surface area contributed by atoms with Gasteiger partial charge in [0.15, 0.2) is 0 Å². The number of methoxy groups -OCH3 is 1. The van der Waals surface area contributed by atoms with Crippen molar-refractivity contribution in [3.05, 3.63) is 0 Å². The van der Waals surface area contributed by atoms with Crippen LogP contribution in [0.3, 0.4) is 0 Å². The minimum absolute atomic E-state index is 0.0277. The van der Waals surface area contributed by atoms with Gasteiger partial charge >= 0.3 is 0 Å². The third kappa shape index (κ3) is 4.32. The van der Waals surface area contributed by atoms with Gasteiger partial charge in [0.1, 0.15) is 0 Å². The first-order chi connectivity index (χ1) is 7.56. The number of ether oxygens (including phenoxy) is 1. The van der Waals surface area contributed by atoms with Crippen LogP contribution >= 0.6 is 0 Å². The maximum Gasteiger partial charge on any atom is 0.279 e. The molecule has 96 valence electrons. The molecule has 1 fully saturated rings. The van der Waals surface area contributed by atoms with E-state index >= 15 is 0 Å². The molecule has 1 heterocycles. The molecule has 1 rings (SSSR count). The quantitative estimate of drug-likeness (QED) is 0.497. The Kier molecular flexibility index (Phi) is 5.59. The highest BCUT2D eigenvalue weighted by Gasteiger charge is 2.23. The molecule has 1 atom stereocenters. The average Bonchev–Trinajstić information content (AvgIpc) is 2.28. The van der Waals surface area contributed by atoms with Gasteiger partial charge in [0.05, 0.1) is 12.7 Å². The first-order valence-electron chi connectivity index (χ1n) is 5.18. The third-order valence-electron chi connectivity index (χ3n) is 2.28. The van der Waals surface area contributed by atoms with Crippen LogP contribution in [0.15, 0.2) is 0 Å². The third-order valence-corrected chi connectivity index (χ3v) is 3.85. The number of piperazine rings is 1. The number of hydrogen-bond acceptors (Lipinski definition) is 5. The van der Waals surface area contributed by atoms with E-state index in [-0.39, 0.29) is 13.2 Å². The molecule has 7 nitrogen and oxygen atoms in total. The molecule has 8 heteroatoms. The van der Waals surface area contributed by atoms with Gasteiger partial charge in [-0.05, 0) is 0 Å². The number of aliphatic hydroxyl groups excluding tert-OH is 1. The van der Waals surface area contributed by atoms with Gasteiger partial charge in [0, 0.05) is 39.8 Å². The van der Waals surface area contributed by atoms with Crippen molar-refractivity contribution in [3.8, 4) is 0 Å². The van der Waals surface area contributed by atoms with Crippen LogP contribution in [0.1, 0.15) is 0 Å². The molecule has 1 unspecified atom stereocenters. The van der Waals surface area contributed by atoms with E-state index in [1.807, 2.05) is 0 Å². The highest BCUT2D eigenvalue weighted by atomic mass is 32.2. The molecule has 1 aliphatic rings. The second-order valence-electron chi connectivity index (χ2n) is 3.61. The molecule has 0 aliphatic carbocycles. The lowest BCUT2D eigenvalue weighted by Gasteiger charge is -2.27. The summed E-state index contributed by atoms with van der Waals surface area (Å²) in [5.41, 5.74) is 0. The van der Waals surface area contributed by atoms with E-state index in [0.29, 0.717) is 26.2 Å². The Morgan fingerprint density at radius 2 is 2.12 bits per heavy atom. The summed E-state index contributed by atoms with van der Waals surface area (Å²) in [7, 11) is -2.02. The standard InChI is InChI=1S/C8H19N3O4S/c1-15-7-8(12)6-10-16(13,14)11-4-2-9-3-5-11/h8-10,12H,2-7H2,1H3. The number of nitrogens with one attached hydrogen (secondary N) is 2. The summed E-state index contributed by atoms with van der Waals surface area (Å²) in [4.78, 5) is 0. The van der Waals surface area contributed by atoms with Gasteiger partial charge in [-0.2, -0.15) is 17.4 Å². The van der Waals surface area contributed by atoms with E-state index in [9.17, 15) is 13.5 Å². The van der Waals surface area contributed by atoms with Crippen LogP contribution < -0.4 is 10.0 Å². The van der Waals surface area contributed by atoms with Crippen molar-refractivity contribution in [1.29, 1.82) is 0 Å². The maximum absolute atomic E-state index is 11.7. The zero-order chi connectivity index (χ0) is 12.0. The van der Waals surface area contributed by atoms with Crippen molar-refractivity contribution in [3.63, 3.8) is 0 Å². The predicted molar refractivity (Wildman–Crippen MR) is 59.2 cm³/mol. The zero-order valence-corrected chi connectivity index (χ0v) is 10.2. The molecule has 0 aromatic carbocycles. The van der Waals surface area contributed by atoms with Gasteiger partial charge in [-0.1, -0.05) is 0 Å². The van der Waals surface area contributed by atoms with Crippen molar-refractivity contribution >= 4 is 10.2 Å². The molecule has 16 heavy (non-hydrogen) atoms. The van der Waals surface area contributed by atoms with Gasteiger partial charge < -0.3 is 15.2 Å². The Hall–Kier alpha value is -0.250. The Balaban J connectivity index is 2.38. The molecule has 0 bridgehead atoms. The number of rotatable bonds is 6. The van der Waals surface area contributed by atoms with E-state index in [0.717, 1.165) is 0 Å². The van der Waals surface area contributed by atoms with Gasteiger partial charge in [0.2, 0.25) is 0 Å². The topological polar surface area (TPSA) is 90.9 Å². The molecule has 3 N–H and O–H groups in total. The lowest BCUT2D eigenvalue weighted by molar-refractivity contribution is 0.0676. The van der Waals surface area contributed by atoms with Crippen molar-refractivity contribution in [2.75, 3.05) is 46.4 Å². The molecular formula is C8H19N3O4S. The Bertz CT molecular complexity index is 290.